The summed E-state index contributed by atoms with van der Waals surface area (Å²) in [7, 11) is 0. The summed E-state index contributed by atoms with van der Waals surface area (Å²) < 4.78 is 7.43. The Bertz CT molecular complexity index is 492. The van der Waals surface area contributed by atoms with Crippen molar-refractivity contribution in [2.75, 3.05) is 19.8 Å². The lowest BCUT2D eigenvalue weighted by Gasteiger charge is -2.38. The van der Waals surface area contributed by atoms with Crippen molar-refractivity contribution in [1.82, 2.24) is 25.1 Å². The molecule has 3 rings (SSSR count). The van der Waals surface area contributed by atoms with E-state index in [9.17, 15) is 5.11 Å². The Labute approximate surface area is 131 Å². The first-order valence-electron chi connectivity index (χ1n) is 8.27. The fourth-order valence-corrected chi connectivity index (χ4v) is 3.77. The van der Waals surface area contributed by atoms with Crippen LogP contribution in [0.15, 0.2) is 0 Å². The first kappa shape index (κ1) is 15.8. The molecule has 2 fully saturated rings. The highest BCUT2D eigenvalue weighted by Gasteiger charge is 2.42. The summed E-state index contributed by atoms with van der Waals surface area (Å²) in [6.07, 6.45) is 4.03. The van der Waals surface area contributed by atoms with Crippen molar-refractivity contribution >= 4 is 0 Å². The summed E-state index contributed by atoms with van der Waals surface area (Å²) in [5.74, 6) is 0.926. The number of ether oxygens (including phenoxy) is 1. The van der Waals surface area contributed by atoms with Gasteiger partial charge in [-0.2, -0.15) is 0 Å². The summed E-state index contributed by atoms with van der Waals surface area (Å²) in [6, 6.07) is 0.844. The lowest BCUT2D eigenvalue weighted by atomic mass is 10.0. The Kier molecular flexibility index (Phi) is 4.47. The Morgan fingerprint density at radius 3 is 2.55 bits per heavy atom. The number of aromatic nitrogens is 4. The highest BCUT2D eigenvalue weighted by Crippen LogP contribution is 2.39. The van der Waals surface area contributed by atoms with Gasteiger partial charge in [-0.3, -0.25) is 4.90 Å². The van der Waals surface area contributed by atoms with Crippen molar-refractivity contribution < 1.29 is 9.84 Å². The molecule has 0 amide bonds. The molecule has 2 aliphatic rings. The van der Waals surface area contributed by atoms with Crippen LogP contribution in [-0.4, -0.2) is 62.1 Å². The van der Waals surface area contributed by atoms with Crippen LogP contribution in [0.2, 0.25) is 0 Å². The second-order valence-electron chi connectivity index (χ2n) is 7.34. The molecule has 1 aromatic rings. The van der Waals surface area contributed by atoms with Gasteiger partial charge in [0.25, 0.3) is 0 Å². The van der Waals surface area contributed by atoms with E-state index in [1.165, 1.54) is 0 Å². The van der Waals surface area contributed by atoms with Crippen LogP contribution in [0, 0.1) is 0 Å². The zero-order valence-electron chi connectivity index (χ0n) is 13.8. The van der Waals surface area contributed by atoms with E-state index in [0.29, 0.717) is 6.04 Å². The zero-order valence-corrected chi connectivity index (χ0v) is 13.8. The van der Waals surface area contributed by atoms with E-state index in [1.54, 1.807) is 0 Å². The van der Waals surface area contributed by atoms with Crippen molar-refractivity contribution in [3.05, 3.63) is 5.82 Å². The van der Waals surface area contributed by atoms with Gasteiger partial charge in [0.15, 0.2) is 5.82 Å². The summed E-state index contributed by atoms with van der Waals surface area (Å²) in [4.78, 5) is 2.45. The summed E-state index contributed by atoms with van der Waals surface area (Å²) in [5, 5.41) is 22.2. The SMILES string of the molecule is CC(C)(C)n1nnnc1[C@@H]1CC[C@@H](CO)N1C1CCOCC1. The second kappa shape index (κ2) is 6.22. The topological polar surface area (TPSA) is 76.3 Å². The maximum absolute atomic E-state index is 9.78. The Balaban J connectivity index is 1.90. The molecule has 22 heavy (non-hydrogen) atoms. The molecule has 124 valence electrons. The molecule has 7 heteroatoms. The summed E-state index contributed by atoms with van der Waals surface area (Å²) in [6.45, 7) is 8.15. The smallest absolute Gasteiger partial charge is 0.168 e. The molecule has 0 saturated carbocycles. The third-order valence-corrected chi connectivity index (χ3v) is 4.81. The first-order valence-corrected chi connectivity index (χ1v) is 8.27. The van der Waals surface area contributed by atoms with E-state index >= 15 is 0 Å². The van der Waals surface area contributed by atoms with Gasteiger partial charge in [-0.25, -0.2) is 4.68 Å². The molecule has 7 nitrogen and oxygen atoms in total. The average molecular weight is 309 g/mol. The van der Waals surface area contributed by atoms with E-state index < -0.39 is 0 Å². The second-order valence-corrected chi connectivity index (χ2v) is 7.34. The lowest BCUT2D eigenvalue weighted by Crippen LogP contribution is -2.46. The van der Waals surface area contributed by atoms with Gasteiger partial charge in [0, 0.05) is 25.3 Å². The molecule has 0 unspecified atom stereocenters. The number of rotatable bonds is 3. The highest BCUT2D eigenvalue weighted by molar-refractivity contribution is 5.04. The minimum Gasteiger partial charge on any atom is -0.395 e. The van der Waals surface area contributed by atoms with Crippen LogP contribution in [0.4, 0.5) is 0 Å². The fraction of sp³-hybridized carbons (Fsp3) is 0.933. The third-order valence-electron chi connectivity index (χ3n) is 4.81. The standard InChI is InChI=1S/C15H27N5O2/c1-15(2,3)20-14(16-17-18-20)13-5-4-12(10-21)19(13)11-6-8-22-9-7-11/h11-13,21H,4-10H2,1-3H3/t12-,13-/m0/s1. The number of tetrazole rings is 1. The molecular weight excluding hydrogens is 282 g/mol. The predicted molar refractivity (Wildman–Crippen MR) is 81.3 cm³/mol. The monoisotopic (exact) mass is 309 g/mol. The van der Waals surface area contributed by atoms with Gasteiger partial charge in [0.1, 0.15) is 0 Å². The maximum atomic E-state index is 9.78. The largest absolute Gasteiger partial charge is 0.395 e. The van der Waals surface area contributed by atoms with Crippen LogP contribution in [0.25, 0.3) is 0 Å². The van der Waals surface area contributed by atoms with Gasteiger partial charge in [0.2, 0.25) is 0 Å². The van der Waals surface area contributed by atoms with Gasteiger partial charge in [-0.05, 0) is 56.9 Å². The van der Waals surface area contributed by atoms with E-state index in [4.69, 9.17) is 4.74 Å². The normalized spacial score (nSPS) is 28.4. The molecule has 2 saturated heterocycles. The van der Waals surface area contributed by atoms with Crippen LogP contribution in [0.5, 0.6) is 0 Å². The molecule has 2 aliphatic heterocycles. The predicted octanol–water partition coefficient (Wildman–Crippen LogP) is 1.10. The molecule has 3 heterocycles. The highest BCUT2D eigenvalue weighted by atomic mass is 16.5. The zero-order chi connectivity index (χ0) is 15.7. The molecule has 0 bridgehead atoms. The number of hydrogen-bond donors (Lipinski definition) is 1. The molecule has 1 aromatic heterocycles. The van der Waals surface area contributed by atoms with Crippen LogP contribution in [0.1, 0.15) is 58.3 Å². The van der Waals surface area contributed by atoms with Crippen LogP contribution < -0.4 is 0 Å². The van der Waals surface area contributed by atoms with Crippen molar-refractivity contribution in [3.63, 3.8) is 0 Å². The van der Waals surface area contributed by atoms with Gasteiger partial charge in [-0.15, -0.1) is 5.10 Å². The Morgan fingerprint density at radius 2 is 1.91 bits per heavy atom. The van der Waals surface area contributed by atoms with Crippen molar-refractivity contribution in [2.24, 2.45) is 0 Å². The Hall–Kier alpha value is -1.05. The quantitative estimate of drug-likeness (QED) is 0.901. The van der Waals surface area contributed by atoms with Gasteiger partial charge in [-0.1, -0.05) is 0 Å². The van der Waals surface area contributed by atoms with Crippen LogP contribution in [-0.2, 0) is 10.3 Å². The van der Waals surface area contributed by atoms with Crippen molar-refractivity contribution in [1.29, 1.82) is 0 Å². The number of aliphatic hydroxyl groups excluding tert-OH is 1. The fourth-order valence-electron chi connectivity index (χ4n) is 3.77. The van der Waals surface area contributed by atoms with E-state index in [0.717, 1.165) is 44.7 Å². The number of aliphatic hydroxyl groups is 1. The van der Waals surface area contributed by atoms with Crippen molar-refractivity contribution in [3.8, 4) is 0 Å². The molecule has 2 atom stereocenters. The average Bonchev–Trinajstić information content (AvgIpc) is 3.13. The molecular formula is C15H27N5O2. The summed E-state index contributed by atoms with van der Waals surface area (Å²) >= 11 is 0. The van der Waals surface area contributed by atoms with Crippen molar-refractivity contribution in [2.45, 2.75) is 70.1 Å². The molecule has 1 N–H and O–H groups in total. The molecule has 0 aliphatic carbocycles. The van der Waals surface area contributed by atoms with E-state index in [2.05, 4.69) is 41.2 Å². The van der Waals surface area contributed by atoms with E-state index in [1.807, 2.05) is 4.68 Å². The lowest BCUT2D eigenvalue weighted by molar-refractivity contribution is 0.0000385. The Morgan fingerprint density at radius 1 is 1.18 bits per heavy atom. The number of nitrogens with zero attached hydrogens (tertiary/aromatic N) is 5. The van der Waals surface area contributed by atoms with E-state index in [-0.39, 0.29) is 24.2 Å². The molecule has 0 aromatic carbocycles. The van der Waals surface area contributed by atoms with Crippen LogP contribution in [0.3, 0.4) is 0 Å². The summed E-state index contributed by atoms with van der Waals surface area (Å²) in [5.41, 5.74) is -0.141. The third kappa shape index (κ3) is 2.89. The first-order chi connectivity index (χ1) is 10.5. The van der Waals surface area contributed by atoms with Crippen LogP contribution >= 0.6 is 0 Å². The van der Waals surface area contributed by atoms with Gasteiger partial charge < -0.3 is 9.84 Å². The molecule has 0 radical (unpaired) electrons. The molecule has 0 spiro atoms. The van der Waals surface area contributed by atoms with Gasteiger partial charge >= 0.3 is 0 Å². The van der Waals surface area contributed by atoms with Gasteiger partial charge in [0.05, 0.1) is 18.2 Å². The maximum Gasteiger partial charge on any atom is 0.168 e. The number of hydrogen-bond acceptors (Lipinski definition) is 6. The number of likely N-dealkylation sites (tertiary alicyclic amines) is 1. The minimum atomic E-state index is -0.141. The minimum absolute atomic E-state index is 0.141.